The zero-order chi connectivity index (χ0) is 14.2. The molecule has 0 radical (unpaired) electrons. The minimum absolute atomic E-state index is 0.0930. The number of nitrogens with zero attached hydrogens (tertiary/aromatic N) is 3. The van der Waals surface area contributed by atoms with Gasteiger partial charge >= 0.3 is 0 Å². The van der Waals surface area contributed by atoms with Crippen molar-refractivity contribution < 1.29 is 9.84 Å². The quantitative estimate of drug-likeness (QED) is 0.904. The Morgan fingerprint density at radius 1 is 1.32 bits per heavy atom. The van der Waals surface area contributed by atoms with E-state index in [1.807, 2.05) is 11.6 Å². The molecule has 0 saturated carbocycles. The molecule has 5 atom stereocenters. The molecule has 5 heteroatoms. The van der Waals surface area contributed by atoms with Crippen molar-refractivity contribution in [2.75, 3.05) is 0 Å². The minimum Gasteiger partial charge on any atom is -0.392 e. The van der Waals surface area contributed by atoms with Gasteiger partial charge in [0, 0.05) is 18.4 Å². The molecule has 2 rings (SSSR count). The lowest BCUT2D eigenvalue weighted by Gasteiger charge is -2.24. The Balaban J connectivity index is 2.08. The molecular formula is C14H25N3O2. The summed E-state index contributed by atoms with van der Waals surface area (Å²) in [6.07, 6.45) is 1.96. The Morgan fingerprint density at radius 3 is 2.53 bits per heavy atom. The van der Waals surface area contributed by atoms with E-state index in [1.165, 1.54) is 0 Å². The van der Waals surface area contributed by atoms with Gasteiger partial charge in [0.05, 0.1) is 18.3 Å². The molecule has 5 unspecified atom stereocenters. The van der Waals surface area contributed by atoms with Gasteiger partial charge in [0.25, 0.3) is 0 Å². The summed E-state index contributed by atoms with van der Waals surface area (Å²) in [6, 6.07) is 0.262. The lowest BCUT2D eigenvalue weighted by molar-refractivity contribution is 0.0230. The van der Waals surface area contributed by atoms with Crippen LogP contribution in [0.2, 0.25) is 0 Å². The first-order valence-electron chi connectivity index (χ1n) is 7.13. The molecule has 0 amide bonds. The Labute approximate surface area is 115 Å². The van der Waals surface area contributed by atoms with Gasteiger partial charge in [-0.15, -0.1) is 0 Å². The first-order valence-corrected chi connectivity index (χ1v) is 7.13. The zero-order valence-corrected chi connectivity index (χ0v) is 12.4. The summed E-state index contributed by atoms with van der Waals surface area (Å²) in [5.41, 5.74) is 0. The van der Waals surface area contributed by atoms with E-state index in [0.29, 0.717) is 12.3 Å². The number of hydrogen-bond acceptors (Lipinski definition) is 4. The standard InChI is InChI=1S/C14H25N3O2/c1-8(2)17-13(15-7-16-17)6-12(18)14-9(3)10(4)19-11(14)5/h7-12,14,18H,6H2,1-5H3. The molecule has 0 bridgehead atoms. The fraction of sp³-hybridized carbons (Fsp3) is 0.857. The van der Waals surface area contributed by atoms with E-state index < -0.39 is 6.10 Å². The van der Waals surface area contributed by atoms with Crippen LogP contribution in [0.3, 0.4) is 0 Å². The van der Waals surface area contributed by atoms with Crippen molar-refractivity contribution in [2.45, 2.75) is 65.4 Å². The van der Waals surface area contributed by atoms with Gasteiger partial charge < -0.3 is 9.84 Å². The molecule has 1 aliphatic rings. The molecule has 1 aromatic rings. The number of aliphatic hydroxyl groups excluding tert-OH is 1. The van der Waals surface area contributed by atoms with Crippen molar-refractivity contribution in [2.24, 2.45) is 11.8 Å². The Hall–Kier alpha value is -0.940. The van der Waals surface area contributed by atoms with Gasteiger partial charge in [-0.05, 0) is 33.6 Å². The van der Waals surface area contributed by atoms with E-state index in [9.17, 15) is 5.11 Å². The minimum atomic E-state index is -0.434. The third-order valence-corrected chi connectivity index (χ3v) is 4.29. The van der Waals surface area contributed by atoms with Crippen LogP contribution in [0, 0.1) is 11.8 Å². The van der Waals surface area contributed by atoms with Crippen molar-refractivity contribution in [1.29, 1.82) is 0 Å². The Kier molecular flexibility index (Phi) is 4.26. The first-order chi connectivity index (χ1) is 8.91. The molecule has 2 heterocycles. The van der Waals surface area contributed by atoms with E-state index >= 15 is 0 Å². The first kappa shape index (κ1) is 14.5. The van der Waals surface area contributed by atoms with Gasteiger partial charge in [-0.2, -0.15) is 5.10 Å². The molecular weight excluding hydrogens is 242 g/mol. The molecule has 0 aromatic carbocycles. The predicted molar refractivity (Wildman–Crippen MR) is 72.8 cm³/mol. The summed E-state index contributed by atoms with van der Waals surface area (Å²) in [5.74, 6) is 1.37. The van der Waals surface area contributed by atoms with Crippen molar-refractivity contribution >= 4 is 0 Å². The molecule has 0 spiro atoms. The Morgan fingerprint density at radius 2 is 2.00 bits per heavy atom. The molecule has 5 nitrogen and oxygen atoms in total. The second kappa shape index (κ2) is 5.59. The second-order valence-electron chi connectivity index (χ2n) is 5.97. The summed E-state index contributed by atoms with van der Waals surface area (Å²) in [4.78, 5) is 4.27. The van der Waals surface area contributed by atoms with Gasteiger partial charge in [0.15, 0.2) is 0 Å². The largest absolute Gasteiger partial charge is 0.392 e. The highest BCUT2D eigenvalue weighted by Crippen LogP contribution is 2.35. The number of hydrogen-bond donors (Lipinski definition) is 1. The van der Waals surface area contributed by atoms with E-state index in [2.05, 4.69) is 37.8 Å². The molecule has 1 N–H and O–H groups in total. The van der Waals surface area contributed by atoms with Crippen LogP contribution in [-0.2, 0) is 11.2 Å². The van der Waals surface area contributed by atoms with Gasteiger partial charge in [-0.25, -0.2) is 9.67 Å². The number of ether oxygens (including phenoxy) is 1. The third kappa shape index (κ3) is 2.82. The molecule has 1 aliphatic heterocycles. The normalized spacial score (nSPS) is 33.0. The summed E-state index contributed by atoms with van der Waals surface area (Å²) >= 11 is 0. The van der Waals surface area contributed by atoms with E-state index in [4.69, 9.17) is 4.74 Å². The van der Waals surface area contributed by atoms with E-state index in [-0.39, 0.29) is 24.2 Å². The zero-order valence-electron chi connectivity index (χ0n) is 12.4. The Bertz CT molecular complexity index is 419. The fourth-order valence-corrected chi connectivity index (χ4v) is 3.13. The number of aliphatic hydroxyl groups is 1. The van der Waals surface area contributed by atoms with Gasteiger partial charge in [0.1, 0.15) is 12.2 Å². The maximum absolute atomic E-state index is 10.5. The van der Waals surface area contributed by atoms with E-state index in [1.54, 1.807) is 6.33 Å². The van der Waals surface area contributed by atoms with Crippen LogP contribution < -0.4 is 0 Å². The van der Waals surface area contributed by atoms with Crippen LogP contribution in [0.15, 0.2) is 6.33 Å². The van der Waals surface area contributed by atoms with Crippen molar-refractivity contribution in [3.8, 4) is 0 Å². The average molecular weight is 267 g/mol. The molecule has 1 aromatic heterocycles. The lowest BCUT2D eigenvalue weighted by atomic mass is 9.83. The average Bonchev–Trinajstić information content (AvgIpc) is 2.85. The molecule has 19 heavy (non-hydrogen) atoms. The third-order valence-electron chi connectivity index (χ3n) is 4.29. The van der Waals surface area contributed by atoms with Gasteiger partial charge in [0.2, 0.25) is 0 Å². The van der Waals surface area contributed by atoms with Crippen molar-refractivity contribution in [1.82, 2.24) is 14.8 Å². The molecule has 1 fully saturated rings. The molecule has 1 saturated heterocycles. The van der Waals surface area contributed by atoms with Crippen molar-refractivity contribution in [3.05, 3.63) is 12.2 Å². The number of aromatic nitrogens is 3. The van der Waals surface area contributed by atoms with Crippen LogP contribution in [0.1, 0.15) is 46.5 Å². The topological polar surface area (TPSA) is 60.2 Å². The van der Waals surface area contributed by atoms with Crippen LogP contribution in [0.5, 0.6) is 0 Å². The maximum Gasteiger partial charge on any atom is 0.138 e. The summed E-state index contributed by atoms with van der Waals surface area (Å²) in [5, 5.41) is 14.7. The van der Waals surface area contributed by atoms with Gasteiger partial charge in [-0.1, -0.05) is 6.92 Å². The number of rotatable bonds is 4. The molecule has 0 aliphatic carbocycles. The summed E-state index contributed by atoms with van der Waals surface area (Å²) in [6.45, 7) is 10.4. The second-order valence-corrected chi connectivity index (χ2v) is 5.97. The van der Waals surface area contributed by atoms with E-state index in [0.717, 1.165) is 5.82 Å². The smallest absolute Gasteiger partial charge is 0.138 e. The van der Waals surface area contributed by atoms with Crippen LogP contribution in [-0.4, -0.2) is 38.2 Å². The van der Waals surface area contributed by atoms with Crippen LogP contribution >= 0.6 is 0 Å². The highest BCUT2D eigenvalue weighted by molar-refractivity contribution is 4.95. The maximum atomic E-state index is 10.5. The monoisotopic (exact) mass is 267 g/mol. The highest BCUT2D eigenvalue weighted by Gasteiger charge is 2.41. The predicted octanol–water partition coefficient (Wildman–Crippen LogP) is 1.82. The fourth-order valence-electron chi connectivity index (χ4n) is 3.13. The highest BCUT2D eigenvalue weighted by atomic mass is 16.5. The SMILES string of the molecule is CC1OC(C)C(C(O)Cc2ncnn2C(C)C)C1C. The van der Waals surface area contributed by atoms with Gasteiger partial charge in [-0.3, -0.25) is 0 Å². The van der Waals surface area contributed by atoms with Crippen LogP contribution in [0.25, 0.3) is 0 Å². The van der Waals surface area contributed by atoms with Crippen LogP contribution in [0.4, 0.5) is 0 Å². The summed E-state index contributed by atoms with van der Waals surface area (Å²) < 4.78 is 7.67. The summed E-state index contributed by atoms with van der Waals surface area (Å²) in [7, 11) is 0. The lowest BCUT2D eigenvalue weighted by Crippen LogP contribution is -2.33. The molecule has 108 valence electrons. The van der Waals surface area contributed by atoms with Crippen molar-refractivity contribution in [3.63, 3.8) is 0 Å².